The minimum Gasteiger partial charge on any atom is -0.298 e. The number of aromatic nitrogens is 1. The lowest BCUT2D eigenvalue weighted by Crippen LogP contribution is -1.92. The number of nitrogens with zero attached hydrogens (tertiary/aromatic N) is 1. The van der Waals surface area contributed by atoms with Crippen LogP contribution in [0, 0.1) is 0 Å². The van der Waals surface area contributed by atoms with Gasteiger partial charge in [0.2, 0.25) is 0 Å². The Kier molecular flexibility index (Phi) is 3.67. The number of benzene rings is 1. The first-order valence-electron chi connectivity index (χ1n) is 4.69. The van der Waals surface area contributed by atoms with Gasteiger partial charge in [-0.15, -0.1) is 0 Å². The van der Waals surface area contributed by atoms with E-state index >= 15 is 0 Å². The van der Waals surface area contributed by atoms with Gasteiger partial charge in [-0.05, 0) is 30.3 Å². The molecule has 0 bridgehead atoms. The number of hydrogen-bond donors (Lipinski definition) is 0. The van der Waals surface area contributed by atoms with Gasteiger partial charge in [0.15, 0.2) is 6.29 Å². The number of carbonyl (C=O) groups is 1. The molecular weight excluding hydrogens is 280 g/mol. The largest absolute Gasteiger partial charge is 0.298 e. The summed E-state index contributed by atoms with van der Waals surface area (Å²) in [5.74, 6) is 0. The van der Waals surface area contributed by atoms with Crippen LogP contribution in [0.2, 0.25) is 15.2 Å². The Bertz CT molecular complexity index is 584. The third kappa shape index (κ3) is 2.60. The van der Waals surface area contributed by atoms with E-state index in [-0.39, 0.29) is 0 Å². The van der Waals surface area contributed by atoms with Gasteiger partial charge in [0.05, 0.1) is 10.7 Å². The predicted molar refractivity (Wildman–Crippen MR) is 70.1 cm³/mol. The SMILES string of the molecule is O=Cc1ccc(Cl)nc1-c1ccc(Cl)cc1Cl. The summed E-state index contributed by atoms with van der Waals surface area (Å²) in [6.07, 6.45) is 0.712. The Morgan fingerprint density at radius 2 is 1.82 bits per heavy atom. The molecule has 1 heterocycles. The molecule has 1 aromatic heterocycles. The number of halogens is 3. The number of carbonyl (C=O) groups excluding carboxylic acids is 1. The van der Waals surface area contributed by atoms with Crippen LogP contribution in [0.5, 0.6) is 0 Å². The van der Waals surface area contributed by atoms with E-state index in [0.717, 1.165) is 0 Å². The first kappa shape index (κ1) is 12.4. The molecule has 1 aromatic carbocycles. The number of hydrogen-bond acceptors (Lipinski definition) is 2. The molecule has 0 amide bonds. The minimum atomic E-state index is 0.302. The maximum absolute atomic E-state index is 10.9. The van der Waals surface area contributed by atoms with Gasteiger partial charge in [-0.1, -0.05) is 34.8 Å². The second-order valence-electron chi connectivity index (χ2n) is 3.31. The van der Waals surface area contributed by atoms with Gasteiger partial charge in [0.25, 0.3) is 0 Å². The smallest absolute Gasteiger partial charge is 0.152 e. The fraction of sp³-hybridized carbons (Fsp3) is 0. The van der Waals surface area contributed by atoms with E-state index in [2.05, 4.69) is 4.98 Å². The second kappa shape index (κ2) is 5.05. The highest BCUT2D eigenvalue weighted by Gasteiger charge is 2.11. The van der Waals surface area contributed by atoms with Crippen LogP contribution in [0.3, 0.4) is 0 Å². The molecule has 0 fully saturated rings. The average Bonchev–Trinajstić information content (AvgIpc) is 2.29. The van der Waals surface area contributed by atoms with Crippen LogP contribution in [0.25, 0.3) is 11.3 Å². The molecule has 17 heavy (non-hydrogen) atoms. The molecule has 0 aliphatic heterocycles. The van der Waals surface area contributed by atoms with Crippen LogP contribution in [-0.2, 0) is 0 Å². The Hall–Kier alpha value is -1.09. The third-order valence-corrected chi connectivity index (χ3v) is 2.96. The Morgan fingerprint density at radius 3 is 2.47 bits per heavy atom. The number of aldehydes is 1. The first-order chi connectivity index (χ1) is 8.11. The van der Waals surface area contributed by atoms with Crippen LogP contribution in [-0.4, -0.2) is 11.3 Å². The first-order valence-corrected chi connectivity index (χ1v) is 5.82. The predicted octanol–water partition coefficient (Wildman–Crippen LogP) is 4.52. The molecule has 0 unspecified atom stereocenters. The third-order valence-electron chi connectivity index (χ3n) is 2.21. The molecule has 2 nitrogen and oxygen atoms in total. The van der Waals surface area contributed by atoms with Crippen LogP contribution < -0.4 is 0 Å². The molecule has 0 saturated heterocycles. The van der Waals surface area contributed by atoms with Crippen molar-refractivity contribution in [3.8, 4) is 11.3 Å². The summed E-state index contributed by atoms with van der Waals surface area (Å²) in [6, 6.07) is 8.13. The van der Waals surface area contributed by atoms with E-state index in [0.29, 0.717) is 38.3 Å². The summed E-state index contributed by atoms with van der Waals surface area (Å²) in [6.45, 7) is 0. The Morgan fingerprint density at radius 1 is 1.06 bits per heavy atom. The second-order valence-corrected chi connectivity index (χ2v) is 4.54. The Balaban J connectivity index is 2.66. The lowest BCUT2D eigenvalue weighted by Gasteiger charge is -2.07. The van der Waals surface area contributed by atoms with E-state index in [1.54, 1.807) is 30.3 Å². The zero-order valence-electron chi connectivity index (χ0n) is 8.45. The molecule has 2 rings (SSSR count). The molecule has 0 aliphatic rings. The van der Waals surface area contributed by atoms with Crippen molar-refractivity contribution in [2.24, 2.45) is 0 Å². The van der Waals surface area contributed by atoms with Gasteiger partial charge in [-0.3, -0.25) is 4.79 Å². The highest BCUT2D eigenvalue weighted by molar-refractivity contribution is 6.36. The van der Waals surface area contributed by atoms with Gasteiger partial charge in [-0.25, -0.2) is 4.98 Å². The topological polar surface area (TPSA) is 30.0 Å². The van der Waals surface area contributed by atoms with Crippen molar-refractivity contribution in [1.82, 2.24) is 4.98 Å². The van der Waals surface area contributed by atoms with Crippen molar-refractivity contribution < 1.29 is 4.79 Å². The van der Waals surface area contributed by atoms with E-state index in [1.165, 1.54) is 0 Å². The summed E-state index contributed by atoms with van der Waals surface area (Å²) >= 11 is 17.7. The lowest BCUT2D eigenvalue weighted by atomic mass is 10.1. The minimum absolute atomic E-state index is 0.302. The van der Waals surface area contributed by atoms with Crippen LogP contribution in [0.4, 0.5) is 0 Å². The number of pyridine rings is 1. The van der Waals surface area contributed by atoms with Gasteiger partial charge < -0.3 is 0 Å². The van der Waals surface area contributed by atoms with E-state index in [4.69, 9.17) is 34.8 Å². The monoisotopic (exact) mass is 285 g/mol. The van der Waals surface area contributed by atoms with Crippen molar-refractivity contribution in [2.45, 2.75) is 0 Å². The molecule has 2 aromatic rings. The van der Waals surface area contributed by atoms with E-state index < -0.39 is 0 Å². The average molecular weight is 287 g/mol. The molecule has 86 valence electrons. The van der Waals surface area contributed by atoms with Crippen molar-refractivity contribution >= 4 is 41.1 Å². The highest BCUT2D eigenvalue weighted by Crippen LogP contribution is 2.31. The van der Waals surface area contributed by atoms with Gasteiger partial charge >= 0.3 is 0 Å². The van der Waals surface area contributed by atoms with Crippen LogP contribution >= 0.6 is 34.8 Å². The molecular formula is C12H6Cl3NO. The van der Waals surface area contributed by atoms with Crippen molar-refractivity contribution in [3.05, 3.63) is 51.1 Å². The zero-order chi connectivity index (χ0) is 12.4. The van der Waals surface area contributed by atoms with Gasteiger partial charge in [0.1, 0.15) is 5.15 Å². The summed E-state index contributed by atoms with van der Waals surface area (Å²) in [5, 5.41) is 1.25. The molecule has 0 N–H and O–H groups in total. The summed E-state index contributed by atoms with van der Waals surface area (Å²) in [4.78, 5) is 15.0. The number of rotatable bonds is 2. The van der Waals surface area contributed by atoms with Gasteiger partial charge in [-0.2, -0.15) is 0 Å². The standard InChI is InChI=1S/C12H6Cl3NO/c13-8-2-3-9(10(14)5-8)12-7(6-17)1-4-11(15)16-12/h1-6H. The summed E-state index contributed by atoms with van der Waals surface area (Å²) < 4.78 is 0. The summed E-state index contributed by atoms with van der Waals surface area (Å²) in [5.41, 5.74) is 1.51. The van der Waals surface area contributed by atoms with Crippen molar-refractivity contribution in [3.63, 3.8) is 0 Å². The van der Waals surface area contributed by atoms with Crippen LogP contribution in [0.15, 0.2) is 30.3 Å². The maximum atomic E-state index is 10.9. The fourth-order valence-corrected chi connectivity index (χ4v) is 2.08. The normalized spacial score (nSPS) is 10.3. The molecule has 0 spiro atoms. The zero-order valence-corrected chi connectivity index (χ0v) is 10.7. The van der Waals surface area contributed by atoms with Crippen LogP contribution in [0.1, 0.15) is 10.4 Å². The Labute approximate surface area is 113 Å². The molecule has 0 atom stereocenters. The molecule has 5 heteroatoms. The molecule has 0 saturated carbocycles. The highest BCUT2D eigenvalue weighted by atomic mass is 35.5. The van der Waals surface area contributed by atoms with Gasteiger partial charge in [0, 0.05) is 16.1 Å². The summed E-state index contributed by atoms with van der Waals surface area (Å²) in [7, 11) is 0. The maximum Gasteiger partial charge on any atom is 0.152 e. The lowest BCUT2D eigenvalue weighted by molar-refractivity contribution is 0.112. The van der Waals surface area contributed by atoms with E-state index in [9.17, 15) is 4.79 Å². The van der Waals surface area contributed by atoms with E-state index in [1.807, 2.05) is 0 Å². The quantitative estimate of drug-likeness (QED) is 0.600. The van der Waals surface area contributed by atoms with Crippen molar-refractivity contribution in [2.75, 3.05) is 0 Å². The van der Waals surface area contributed by atoms with Crippen molar-refractivity contribution in [1.29, 1.82) is 0 Å². The fourth-order valence-electron chi connectivity index (χ4n) is 1.44. The molecule has 0 aliphatic carbocycles. The molecule has 0 radical (unpaired) electrons.